The lowest BCUT2D eigenvalue weighted by Crippen LogP contribution is -2.46. The fourth-order valence-corrected chi connectivity index (χ4v) is 1.58. The predicted octanol–water partition coefficient (Wildman–Crippen LogP) is 0.314. The number of aliphatic hydroxyl groups is 1. The van der Waals surface area contributed by atoms with Crippen molar-refractivity contribution >= 4 is 11.6 Å². The Labute approximate surface area is 71.7 Å². The van der Waals surface area contributed by atoms with Crippen molar-refractivity contribution in [3.05, 3.63) is 0 Å². The van der Waals surface area contributed by atoms with Crippen LogP contribution in [-0.2, 0) is 4.74 Å². The Bertz CT molecular complexity index is 109. The van der Waals surface area contributed by atoms with Gasteiger partial charge in [0, 0.05) is 0 Å². The lowest BCUT2D eigenvalue weighted by molar-refractivity contribution is -0.0792. The van der Waals surface area contributed by atoms with Crippen molar-refractivity contribution in [1.82, 2.24) is 5.32 Å². The van der Waals surface area contributed by atoms with Crippen molar-refractivity contribution in [1.29, 1.82) is 0 Å². The molecule has 11 heavy (non-hydrogen) atoms. The first kappa shape index (κ1) is 9.26. The number of alkyl halides is 1. The van der Waals surface area contributed by atoms with Crippen LogP contribution < -0.4 is 5.32 Å². The maximum absolute atomic E-state index is 9.06. The van der Waals surface area contributed by atoms with E-state index in [2.05, 4.69) is 5.32 Å². The summed E-state index contributed by atoms with van der Waals surface area (Å²) in [7, 11) is 0. The van der Waals surface area contributed by atoms with Gasteiger partial charge in [-0.25, -0.2) is 0 Å². The van der Waals surface area contributed by atoms with E-state index >= 15 is 0 Å². The molecule has 0 aromatic carbocycles. The summed E-state index contributed by atoms with van der Waals surface area (Å²) in [6.45, 7) is 1.87. The molecule has 1 fully saturated rings. The van der Waals surface area contributed by atoms with Gasteiger partial charge in [-0.3, -0.25) is 0 Å². The van der Waals surface area contributed by atoms with E-state index in [1.54, 1.807) is 0 Å². The molecule has 0 saturated carbocycles. The fourth-order valence-electron chi connectivity index (χ4n) is 1.35. The van der Waals surface area contributed by atoms with Crippen LogP contribution in [-0.4, -0.2) is 36.5 Å². The highest BCUT2D eigenvalue weighted by molar-refractivity contribution is 6.17. The first-order valence-corrected chi connectivity index (χ1v) is 4.38. The lowest BCUT2D eigenvalue weighted by Gasteiger charge is -2.35. The molecule has 0 amide bonds. The number of nitrogens with one attached hydrogen (secondary N) is 1. The molecule has 1 rings (SSSR count). The van der Waals surface area contributed by atoms with Crippen LogP contribution in [0.15, 0.2) is 0 Å². The summed E-state index contributed by atoms with van der Waals surface area (Å²) in [6.07, 6.45) is 1.69. The molecule has 2 N–H and O–H groups in total. The largest absolute Gasteiger partial charge is 0.393 e. The molecule has 1 aliphatic heterocycles. The van der Waals surface area contributed by atoms with Crippen LogP contribution in [0.2, 0.25) is 0 Å². The highest BCUT2D eigenvalue weighted by Gasteiger charge is 2.31. The number of halogens is 1. The van der Waals surface area contributed by atoms with Gasteiger partial charge in [0.15, 0.2) is 0 Å². The average Bonchev–Trinajstić information content (AvgIpc) is 2.07. The number of ether oxygens (including phenoxy) is 1. The van der Waals surface area contributed by atoms with Gasteiger partial charge in [0.05, 0.1) is 12.2 Å². The maximum Gasteiger partial charge on any atom is 0.121 e. The van der Waals surface area contributed by atoms with E-state index in [-0.39, 0.29) is 18.3 Å². The molecule has 1 heterocycles. The van der Waals surface area contributed by atoms with Gasteiger partial charge in [-0.05, 0) is 25.9 Å². The van der Waals surface area contributed by atoms with E-state index in [0.717, 1.165) is 25.9 Å². The van der Waals surface area contributed by atoms with Crippen LogP contribution in [0.4, 0.5) is 0 Å². The van der Waals surface area contributed by atoms with E-state index in [0.29, 0.717) is 0 Å². The summed E-state index contributed by atoms with van der Waals surface area (Å²) in [5.41, 5.74) is -0.368. The standard InChI is InChI=1S/C7H14ClNO2/c8-6-11-7(5-10)1-3-9-4-2-7/h9-10H,1-6H2. The second-order valence-corrected chi connectivity index (χ2v) is 3.06. The van der Waals surface area contributed by atoms with Crippen molar-refractivity contribution < 1.29 is 9.84 Å². The van der Waals surface area contributed by atoms with Crippen molar-refractivity contribution in [3.63, 3.8) is 0 Å². The minimum atomic E-state index is -0.368. The number of rotatable bonds is 3. The topological polar surface area (TPSA) is 41.5 Å². The highest BCUT2D eigenvalue weighted by atomic mass is 35.5. The Hall–Kier alpha value is 0.170. The monoisotopic (exact) mass is 179 g/mol. The molecule has 0 unspecified atom stereocenters. The van der Waals surface area contributed by atoms with E-state index in [1.807, 2.05) is 0 Å². The zero-order valence-corrected chi connectivity index (χ0v) is 7.23. The smallest absolute Gasteiger partial charge is 0.121 e. The molecule has 0 aromatic heterocycles. The minimum Gasteiger partial charge on any atom is -0.393 e. The molecule has 3 nitrogen and oxygen atoms in total. The Morgan fingerprint density at radius 2 is 2.09 bits per heavy atom. The summed E-state index contributed by atoms with van der Waals surface area (Å²) in [5, 5.41) is 12.3. The van der Waals surface area contributed by atoms with E-state index in [4.69, 9.17) is 21.4 Å². The third-order valence-electron chi connectivity index (χ3n) is 2.16. The van der Waals surface area contributed by atoms with Crippen molar-refractivity contribution in [2.24, 2.45) is 0 Å². The summed E-state index contributed by atoms with van der Waals surface area (Å²) in [6, 6.07) is 0.167. The van der Waals surface area contributed by atoms with Gasteiger partial charge < -0.3 is 15.2 Å². The van der Waals surface area contributed by atoms with Gasteiger partial charge in [0.2, 0.25) is 0 Å². The first-order valence-electron chi connectivity index (χ1n) is 3.84. The zero-order chi connectivity index (χ0) is 8.16. The molecule has 0 aromatic rings. The summed E-state index contributed by atoms with van der Waals surface area (Å²) >= 11 is 5.45. The fraction of sp³-hybridized carbons (Fsp3) is 1.00. The average molecular weight is 180 g/mol. The number of piperidine rings is 1. The van der Waals surface area contributed by atoms with Crippen molar-refractivity contribution in [2.75, 3.05) is 25.8 Å². The van der Waals surface area contributed by atoms with Gasteiger partial charge in [0.25, 0.3) is 0 Å². The summed E-state index contributed by atoms with van der Waals surface area (Å²) < 4.78 is 5.30. The summed E-state index contributed by atoms with van der Waals surface area (Å²) in [4.78, 5) is 0. The van der Waals surface area contributed by atoms with Crippen LogP contribution >= 0.6 is 11.6 Å². The molecule has 1 aliphatic rings. The van der Waals surface area contributed by atoms with Gasteiger partial charge in [-0.2, -0.15) is 0 Å². The molecule has 0 radical (unpaired) electrons. The molecule has 4 heteroatoms. The van der Waals surface area contributed by atoms with E-state index in [1.165, 1.54) is 0 Å². The third-order valence-corrected chi connectivity index (χ3v) is 2.27. The van der Waals surface area contributed by atoms with Gasteiger partial charge in [-0.1, -0.05) is 11.6 Å². The molecular weight excluding hydrogens is 166 g/mol. The molecule has 0 atom stereocenters. The molecule has 0 spiro atoms. The zero-order valence-electron chi connectivity index (χ0n) is 6.48. The van der Waals surface area contributed by atoms with Crippen LogP contribution in [0.25, 0.3) is 0 Å². The highest BCUT2D eigenvalue weighted by Crippen LogP contribution is 2.22. The number of aliphatic hydroxyl groups excluding tert-OH is 1. The Morgan fingerprint density at radius 3 is 2.55 bits per heavy atom. The second kappa shape index (κ2) is 4.26. The van der Waals surface area contributed by atoms with Crippen molar-refractivity contribution in [3.8, 4) is 0 Å². The SMILES string of the molecule is OCC1(OCCl)CCNCC1. The molecular formula is C7H14ClNO2. The van der Waals surface area contributed by atoms with E-state index in [9.17, 15) is 0 Å². The van der Waals surface area contributed by atoms with Crippen LogP contribution in [0.1, 0.15) is 12.8 Å². The van der Waals surface area contributed by atoms with Gasteiger partial charge in [0.1, 0.15) is 6.07 Å². The number of hydrogen-bond donors (Lipinski definition) is 2. The second-order valence-electron chi connectivity index (χ2n) is 2.84. The van der Waals surface area contributed by atoms with Crippen molar-refractivity contribution in [2.45, 2.75) is 18.4 Å². The molecule has 66 valence electrons. The predicted molar refractivity (Wildman–Crippen MR) is 43.7 cm³/mol. The Balaban J connectivity index is 2.42. The van der Waals surface area contributed by atoms with Gasteiger partial charge in [-0.15, -0.1) is 0 Å². The van der Waals surface area contributed by atoms with Gasteiger partial charge >= 0.3 is 0 Å². The Morgan fingerprint density at radius 1 is 1.45 bits per heavy atom. The Kier molecular flexibility index (Phi) is 3.59. The molecule has 1 saturated heterocycles. The quantitative estimate of drug-likeness (QED) is 0.613. The van der Waals surface area contributed by atoms with Crippen LogP contribution in [0, 0.1) is 0 Å². The number of hydrogen-bond acceptors (Lipinski definition) is 3. The molecule has 0 bridgehead atoms. The third kappa shape index (κ3) is 2.30. The lowest BCUT2D eigenvalue weighted by atomic mass is 9.93. The first-order chi connectivity index (χ1) is 5.33. The summed E-state index contributed by atoms with van der Waals surface area (Å²) in [5.74, 6) is 0. The molecule has 0 aliphatic carbocycles. The van der Waals surface area contributed by atoms with Crippen LogP contribution in [0.5, 0.6) is 0 Å². The minimum absolute atomic E-state index is 0.0708. The van der Waals surface area contributed by atoms with E-state index < -0.39 is 0 Å². The maximum atomic E-state index is 9.06. The normalized spacial score (nSPS) is 23.5. The van der Waals surface area contributed by atoms with Crippen LogP contribution in [0.3, 0.4) is 0 Å².